The summed E-state index contributed by atoms with van der Waals surface area (Å²) >= 11 is 1.64. The van der Waals surface area contributed by atoms with Gasteiger partial charge in [0.25, 0.3) is 0 Å². The number of benzene rings is 1. The number of hydrogen-bond donors (Lipinski definition) is 2. The van der Waals surface area contributed by atoms with Gasteiger partial charge in [-0.3, -0.25) is 4.99 Å². The van der Waals surface area contributed by atoms with Gasteiger partial charge in [-0.1, -0.05) is 51.6 Å². The van der Waals surface area contributed by atoms with Gasteiger partial charge in [0.15, 0.2) is 11.1 Å². The summed E-state index contributed by atoms with van der Waals surface area (Å²) in [7, 11) is 0. The Kier molecular flexibility index (Phi) is 10.9. The fraction of sp³-hybridized carbons (Fsp3) is 0.550. The van der Waals surface area contributed by atoms with E-state index >= 15 is 0 Å². The highest BCUT2D eigenvalue weighted by atomic mass is 127. The van der Waals surface area contributed by atoms with Crippen molar-refractivity contribution >= 4 is 47.4 Å². The summed E-state index contributed by atoms with van der Waals surface area (Å²) in [4.78, 5) is 4.45. The van der Waals surface area contributed by atoms with E-state index in [1.54, 1.807) is 11.8 Å². The summed E-state index contributed by atoms with van der Waals surface area (Å²) in [6, 6.07) is 8.28. The van der Waals surface area contributed by atoms with E-state index < -0.39 is 0 Å². The topological polar surface area (TPSA) is 81.1 Å². The highest BCUT2D eigenvalue weighted by Crippen LogP contribution is 2.18. The lowest BCUT2D eigenvalue weighted by Crippen LogP contribution is -2.23. The number of nitrogens with zero attached hydrogens (tertiary/aromatic N) is 4. The van der Waals surface area contributed by atoms with Crippen LogP contribution < -0.4 is 11.1 Å². The lowest BCUT2D eigenvalue weighted by molar-refractivity contribution is 0.477. The Balaban J connectivity index is 0.00000392. The van der Waals surface area contributed by atoms with Crippen LogP contribution in [0.25, 0.3) is 0 Å². The number of thioether (sulfide) groups is 1. The molecule has 0 saturated heterocycles. The van der Waals surface area contributed by atoms with Crippen LogP contribution in [0.2, 0.25) is 0 Å². The van der Waals surface area contributed by atoms with Gasteiger partial charge in [0.1, 0.15) is 5.82 Å². The standard InChI is InChI=1S/C20H32N6S.HI/c1-14(2)13-26-18(24-25-20(26)27-5)10-7-11-22-19(21)23-17-9-6-8-16(12-17)15(3)4;/h6,8-9,12,14-15H,7,10-11,13H2,1-5H3,(H3,21,22,23);1H. The SMILES string of the molecule is CSc1nnc(CCCN=C(N)Nc2cccc(C(C)C)c2)n1CC(C)C.I. The van der Waals surface area contributed by atoms with Gasteiger partial charge in [-0.05, 0) is 42.2 Å². The number of aryl methyl sites for hydroxylation is 1. The molecule has 2 rings (SSSR count). The van der Waals surface area contributed by atoms with Gasteiger partial charge in [-0.2, -0.15) is 0 Å². The van der Waals surface area contributed by atoms with Gasteiger partial charge in [0, 0.05) is 25.2 Å². The first-order valence-electron chi connectivity index (χ1n) is 9.53. The predicted octanol–water partition coefficient (Wildman–Crippen LogP) is 4.76. The maximum atomic E-state index is 6.04. The van der Waals surface area contributed by atoms with Crippen molar-refractivity contribution < 1.29 is 0 Å². The summed E-state index contributed by atoms with van der Waals surface area (Å²) in [6.45, 7) is 10.4. The first kappa shape index (κ1) is 24.7. The van der Waals surface area contributed by atoms with E-state index in [4.69, 9.17) is 5.73 Å². The molecule has 6 nitrogen and oxygen atoms in total. The van der Waals surface area contributed by atoms with E-state index in [0.29, 0.717) is 24.3 Å². The molecule has 0 aliphatic rings. The van der Waals surface area contributed by atoms with Crippen molar-refractivity contribution in [3.05, 3.63) is 35.7 Å². The molecule has 0 atom stereocenters. The van der Waals surface area contributed by atoms with Crippen LogP contribution >= 0.6 is 35.7 Å². The van der Waals surface area contributed by atoms with Crippen molar-refractivity contribution in [2.45, 2.75) is 58.2 Å². The van der Waals surface area contributed by atoms with Crippen LogP contribution in [-0.4, -0.2) is 33.5 Å². The third-order valence-corrected chi connectivity index (χ3v) is 4.86. The molecule has 2 aromatic rings. The van der Waals surface area contributed by atoms with E-state index in [-0.39, 0.29) is 24.0 Å². The van der Waals surface area contributed by atoms with Crippen LogP contribution in [0.5, 0.6) is 0 Å². The molecule has 156 valence electrons. The van der Waals surface area contributed by atoms with Crippen LogP contribution in [0.1, 0.15) is 51.4 Å². The fourth-order valence-corrected chi connectivity index (χ4v) is 3.33. The molecule has 0 amide bonds. The predicted molar refractivity (Wildman–Crippen MR) is 131 cm³/mol. The van der Waals surface area contributed by atoms with E-state index in [0.717, 1.165) is 36.1 Å². The molecular weight excluding hydrogens is 483 g/mol. The minimum absolute atomic E-state index is 0. The monoisotopic (exact) mass is 516 g/mol. The number of anilines is 1. The molecule has 1 heterocycles. The normalized spacial score (nSPS) is 11.8. The minimum atomic E-state index is 0. The molecule has 1 aromatic carbocycles. The number of nitrogens with two attached hydrogens (primary N) is 1. The second-order valence-corrected chi connectivity index (χ2v) is 8.16. The van der Waals surface area contributed by atoms with Crippen molar-refractivity contribution in [1.29, 1.82) is 0 Å². The zero-order valence-electron chi connectivity index (χ0n) is 17.5. The quantitative estimate of drug-likeness (QED) is 0.165. The van der Waals surface area contributed by atoms with Crippen LogP contribution in [-0.2, 0) is 13.0 Å². The zero-order chi connectivity index (χ0) is 19.8. The summed E-state index contributed by atoms with van der Waals surface area (Å²) in [5, 5.41) is 12.8. The molecule has 0 spiro atoms. The molecule has 1 aromatic heterocycles. The van der Waals surface area contributed by atoms with Gasteiger partial charge < -0.3 is 15.6 Å². The Morgan fingerprint density at radius 3 is 2.64 bits per heavy atom. The van der Waals surface area contributed by atoms with Crippen LogP contribution in [0.15, 0.2) is 34.4 Å². The molecule has 0 aliphatic heterocycles. The van der Waals surface area contributed by atoms with Crippen molar-refractivity contribution in [3.8, 4) is 0 Å². The average Bonchev–Trinajstić information content (AvgIpc) is 3.00. The average molecular weight is 516 g/mol. The van der Waals surface area contributed by atoms with E-state index in [1.807, 2.05) is 18.4 Å². The second kappa shape index (κ2) is 12.3. The molecule has 0 aliphatic carbocycles. The number of aromatic nitrogens is 3. The van der Waals surface area contributed by atoms with Crippen molar-refractivity contribution in [2.24, 2.45) is 16.6 Å². The Hall–Kier alpha value is -1.29. The number of halogens is 1. The third kappa shape index (κ3) is 7.62. The Morgan fingerprint density at radius 1 is 1.25 bits per heavy atom. The van der Waals surface area contributed by atoms with Gasteiger partial charge in [-0.15, -0.1) is 34.2 Å². The third-order valence-electron chi connectivity index (χ3n) is 4.19. The van der Waals surface area contributed by atoms with Crippen molar-refractivity contribution in [3.63, 3.8) is 0 Å². The van der Waals surface area contributed by atoms with E-state index in [1.165, 1.54) is 5.56 Å². The van der Waals surface area contributed by atoms with Crippen molar-refractivity contribution in [1.82, 2.24) is 14.8 Å². The molecule has 0 unspecified atom stereocenters. The van der Waals surface area contributed by atoms with Crippen LogP contribution in [0, 0.1) is 5.92 Å². The summed E-state index contributed by atoms with van der Waals surface area (Å²) in [6.07, 6.45) is 3.77. The summed E-state index contributed by atoms with van der Waals surface area (Å²) in [5.74, 6) is 2.52. The van der Waals surface area contributed by atoms with Crippen LogP contribution in [0.3, 0.4) is 0 Å². The van der Waals surface area contributed by atoms with Crippen molar-refractivity contribution in [2.75, 3.05) is 18.1 Å². The molecule has 0 bridgehead atoms. The first-order chi connectivity index (χ1) is 12.9. The molecule has 0 saturated carbocycles. The number of nitrogens with one attached hydrogen (secondary N) is 1. The number of hydrogen-bond acceptors (Lipinski definition) is 4. The fourth-order valence-electron chi connectivity index (χ4n) is 2.80. The highest BCUT2D eigenvalue weighted by Gasteiger charge is 2.12. The second-order valence-electron chi connectivity index (χ2n) is 7.38. The van der Waals surface area contributed by atoms with Gasteiger partial charge in [-0.25, -0.2) is 0 Å². The first-order valence-corrected chi connectivity index (χ1v) is 10.8. The number of aliphatic imine (C=N–C) groups is 1. The molecular formula is C20H33IN6S. The lowest BCUT2D eigenvalue weighted by Gasteiger charge is -2.11. The highest BCUT2D eigenvalue weighted by molar-refractivity contribution is 14.0. The van der Waals surface area contributed by atoms with E-state index in [2.05, 4.69) is 64.9 Å². The Morgan fingerprint density at radius 2 is 2.00 bits per heavy atom. The van der Waals surface area contributed by atoms with Gasteiger partial charge in [0.05, 0.1) is 0 Å². The Bertz CT molecular complexity index is 757. The zero-order valence-corrected chi connectivity index (χ0v) is 20.6. The maximum absolute atomic E-state index is 6.04. The smallest absolute Gasteiger partial charge is 0.193 e. The molecule has 0 fully saturated rings. The lowest BCUT2D eigenvalue weighted by atomic mass is 10.0. The number of guanidine groups is 1. The largest absolute Gasteiger partial charge is 0.370 e. The van der Waals surface area contributed by atoms with Gasteiger partial charge in [0.2, 0.25) is 0 Å². The minimum Gasteiger partial charge on any atom is -0.370 e. The molecule has 28 heavy (non-hydrogen) atoms. The van der Waals surface area contributed by atoms with Crippen LogP contribution in [0.4, 0.5) is 5.69 Å². The molecule has 3 N–H and O–H groups in total. The summed E-state index contributed by atoms with van der Waals surface area (Å²) in [5.41, 5.74) is 8.29. The summed E-state index contributed by atoms with van der Waals surface area (Å²) < 4.78 is 2.22. The Labute approximate surface area is 190 Å². The molecule has 0 radical (unpaired) electrons. The molecule has 8 heteroatoms. The number of rotatable bonds is 9. The maximum Gasteiger partial charge on any atom is 0.193 e. The van der Waals surface area contributed by atoms with E-state index in [9.17, 15) is 0 Å². The van der Waals surface area contributed by atoms with Gasteiger partial charge >= 0.3 is 0 Å².